The van der Waals surface area contributed by atoms with E-state index < -0.39 is 0 Å². The van der Waals surface area contributed by atoms with Crippen LogP contribution in [0.3, 0.4) is 0 Å². The van der Waals surface area contributed by atoms with Crippen molar-refractivity contribution >= 4 is 11.6 Å². The van der Waals surface area contributed by atoms with Gasteiger partial charge in [0.15, 0.2) is 0 Å². The molecule has 1 saturated heterocycles. The Bertz CT molecular complexity index is 389. The van der Waals surface area contributed by atoms with E-state index in [1.54, 1.807) is 13.3 Å². The molecule has 1 unspecified atom stereocenters. The van der Waals surface area contributed by atoms with E-state index in [1.165, 1.54) is 13.0 Å². The maximum Gasteiger partial charge on any atom is 0.0589 e. The number of methoxy groups -OCH3 is 1. The molecule has 0 radical (unpaired) electrons. The summed E-state index contributed by atoms with van der Waals surface area (Å²) in [5.74, 6) is 0.729. The molecule has 5 heteroatoms. The highest BCUT2D eigenvalue weighted by atomic mass is 35.5. The van der Waals surface area contributed by atoms with Crippen molar-refractivity contribution in [2.24, 2.45) is 5.92 Å². The second-order valence-corrected chi connectivity index (χ2v) is 5.45. The topological polar surface area (TPSA) is 37.4 Å². The average Bonchev–Trinajstić information content (AvgIpc) is 2.86. The summed E-state index contributed by atoms with van der Waals surface area (Å²) in [7, 11) is 1.76. The van der Waals surface area contributed by atoms with Gasteiger partial charge in [-0.25, -0.2) is 0 Å². The van der Waals surface area contributed by atoms with Crippen LogP contribution in [0.25, 0.3) is 0 Å². The first-order valence-electron chi connectivity index (χ1n) is 6.80. The minimum atomic E-state index is 0.729. The van der Waals surface area contributed by atoms with Crippen molar-refractivity contribution in [2.45, 2.75) is 13.0 Å². The van der Waals surface area contributed by atoms with Crippen LogP contribution in [-0.2, 0) is 11.3 Å². The zero-order valence-corrected chi connectivity index (χ0v) is 12.2. The maximum absolute atomic E-state index is 6.10. The van der Waals surface area contributed by atoms with Gasteiger partial charge < -0.3 is 15.0 Å². The standard InChI is InChI=1S/C14H22ClN3O/c1-19-7-6-18-5-3-12(11-18)8-17-10-13-9-16-4-2-14(13)15/h2,4,9,12,17H,3,5-8,10-11H2,1H3. The Labute approximate surface area is 120 Å². The third kappa shape index (κ3) is 4.73. The molecule has 0 amide bonds. The van der Waals surface area contributed by atoms with Crippen molar-refractivity contribution in [3.05, 3.63) is 29.0 Å². The number of hydrogen-bond donors (Lipinski definition) is 1. The Kier molecular flexibility index (Phi) is 6.04. The summed E-state index contributed by atoms with van der Waals surface area (Å²) in [6, 6.07) is 1.83. The molecule has 1 fully saturated rings. The second-order valence-electron chi connectivity index (χ2n) is 5.05. The van der Waals surface area contributed by atoms with E-state index >= 15 is 0 Å². The molecule has 1 aromatic heterocycles. The molecule has 1 aliphatic heterocycles. The fourth-order valence-corrected chi connectivity index (χ4v) is 2.63. The lowest BCUT2D eigenvalue weighted by Crippen LogP contribution is -2.28. The van der Waals surface area contributed by atoms with E-state index in [-0.39, 0.29) is 0 Å². The Balaban J connectivity index is 1.66. The van der Waals surface area contributed by atoms with Crippen molar-refractivity contribution in [3.8, 4) is 0 Å². The Hall–Kier alpha value is -0.680. The average molecular weight is 284 g/mol. The molecular weight excluding hydrogens is 262 g/mol. The first-order chi connectivity index (χ1) is 9.29. The van der Waals surface area contributed by atoms with Crippen LogP contribution in [0.4, 0.5) is 0 Å². The summed E-state index contributed by atoms with van der Waals surface area (Å²) in [6.07, 6.45) is 4.81. The van der Waals surface area contributed by atoms with Gasteiger partial charge in [-0.15, -0.1) is 0 Å². The van der Waals surface area contributed by atoms with Gasteiger partial charge in [0, 0.05) is 49.7 Å². The monoisotopic (exact) mass is 283 g/mol. The van der Waals surface area contributed by atoms with Gasteiger partial charge >= 0.3 is 0 Å². The highest BCUT2D eigenvalue weighted by molar-refractivity contribution is 6.31. The molecule has 0 aromatic carbocycles. The smallest absolute Gasteiger partial charge is 0.0589 e. The van der Waals surface area contributed by atoms with Crippen molar-refractivity contribution in [2.75, 3.05) is 39.9 Å². The normalized spacial score (nSPS) is 20.0. The van der Waals surface area contributed by atoms with Crippen LogP contribution in [0.5, 0.6) is 0 Å². The fraction of sp³-hybridized carbons (Fsp3) is 0.643. The zero-order chi connectivity index (χ0) is 13.5. The highest BCUT2D eigenvalue weighted by Gasteiger charge is 2.21. The van der Waals surface area contributed by atoms with Gasteiger partial charge in [0.1, 0.15) is 0 Å². The number of ether oxygens (including phenoxy) is 1. The minimum Gasteiger partial charge on any atom is -0.383 e. The molecular formula is C14H22ClN3O. The summed E-state index contributed by atoms with van der Waals surface area (Å²) < 4.78 is 5.11. The number of halogens is 1. The van der Waals surface area contributed by atoms with Crippen LogP contribution in [-0.4, -0.2) is 49.8 Å². The van der Waals surface area contributed by atoms with Crippen molar-refractivity contribution in [1.82, 2.24) is 15.2 Å². The molecule has 4 nitrogen and oxygen atoms in total. The molecule has 0 aliphatic carbocycles. The summed E-state index contributed by atoms with van der Waals surface area (Å²) >= 11 is 6.10. The lowest BCUT2D eigenvalue weighted by Gasteiger charge is -2.15. The van der Waals surface area contributed by atoms with Gasteiger partial charge in [-0.3, -0.25) is 4.98 Å². The number of nitrogens with zero attached hydrogens (tertiary/aromatic N) is 2. The van der Waals surface area contributed by atoms with Crippen molar-refractivity contribution in [3.63, 3.8) is 0 Å². The number of likely N-dealkylation sites (tertiary alicyclic amines) is 1. The van der Waals surface area contributed by atoms with Gasteiger partial charge in [-0.1, -0.05) is 11.6 Å². The molecule has 2 rings (SSSR count). The van der Waals surface area contributed by atoms with Crippen LogP contribution >= 0.6 is 11.6 Å². The van der Waals surface area contributed by atoms with E-state index in [4.69, 9.17) is 16.3 Å². The van der Waals surface area contributed by atoms with Crippen LogP contribution in [0.2, 0.25) is 5.02 Å². The van der Waals surface area contributed by atoms with Gasteiger partial charge in [-0.2, -0.15) is 0 Å². The fourth-order valence-electron chi connectivity index (χ4n) is 2.45. The van der Waals surface area contributed by atoms with E-state index in [2.05, 4.69) is 15.2 Å². The van der Waals surface area contributed by atoms with Gasteiger partial charge in [0.05, 0.1) is 6.61 Å². The summed E-state index contributed by atoms with van der Waals surface area (Å²) in [6.45, 7) is 6.04. The molecule has 106 valence electrons. The van der Waals surface area contributed by atoms with Gasteiger partial charge in [0.25, 0.3) is 0 Å². The Morgan fingerprint density at radius 3 is 3.26 bits per heavy atom. The van der Waals surface area contributed by atoms with Crippen LogP contribution in [0.15, 0.2) is 18.5 Å². The number of pyridine rings is 1. The minimum absolute atomic E-state index is 0.729. The number of aromatic nitrogens is 1. The molecule has 0 saturated carbocycles. The summed E-state index contributed by atoms with van der Waals surface area (Å²) in [5, 5.41) is 4.27. The SMILES string of the molecule is COCCN1CCC(CNCc2cnccc2Cl)C1. The molecule has 0 spiro atoms. The van der Waals surface area contributed by atoms with Crippen LogP contribution < -0.4 is 5.32 Å². The van der Waals surface area contributed by atoms with Gasteiger partial charge in [0.2, 0.25) is 0 Å². The second kappa shape index (κ2) is 7.80. The predicted molar refractivity (Wildman–Crippen MR) is 77.4 cm³/mol. The van der Waals surface area contributed by atoms with E-state index in [0.29, 0.717) is 0 Å². The summed E-state index contributed by atoms with van der Waals surface area (Å²) in [5.41, 5.74) is 1.07. The first kappa shape index (κ1) is 14.7. The molecule has 1 N–H and O–H groups in total. The molecule has 1 aliphatic rings. The number of rotatable bonds is 7. The zero-order valence-electron chi connectivity index (χ0n) is 11.4. The third-order valence-electron chi connectivity index (χ3n) is 3.57. The molecule has 1 atom stereocenters. The largest absolute Gasteiger partial charge is 0.383 e. The predicted octanol–water partition coefficient (Wildman–Crippen LogP) is 1.79. The highest BCUT2D eigenvalue weighted by Crippen LogP contribution is 2.16. The van der Waals surface area contributed by atoms with Crippen molar-refractivity contribution in [1.29, 1.82) is 0 Å². The van der Waals surface area contributed by atoms with Gasteiger partial charge in [-0.05, 0) is 31.5 Å². The van der Waals surface area contributed by atoms with E-state index in [0.717, 1.165) is 49.3 Å². The lowest BCUT2D eigenvalue weighted by atomic mass is 10.1. The number of nitrogens with one attached hydrogen (secondary N) is 1. The quantitative estimate of drug-likeness (QED) is 0.828. The molecule has 0 bridgehead atoms. The van der Waals surface area contributed by atoms with Crippen LogP contribution in [0.1, 0.15) is 12.0 Å². The van der Waals surface area contributed by atoms with E-state index in [1.807, 2.05) is 12.3 Å². The van der Waals surface area contributed by atoms with Crippen molar-refractivity contribution < 1.29 is 4.74 Å². The Morgan fingerprint density at radius 2 is 2.47 bits per heavy atom. The molecule has 2 heterocycles. The molecule has 19 heavy (non-hydrogen) atoms. The maximum atomic E-state index is 6.10. The molecule has 1 aromatic rings. The number of hydrogen-bond acceptors (Lipinski definition) is 4. The lowest BCUT2D eigenvalue weighted by molar-refractivity contribution is 0.159. The summed E-state index contributed by atoms with van der Waals surface area (Å²) in [4.78, 5) is 6.56. The van der Waals surface area contributed by atoms with E-state index in [9.17, 15) is 0 Å². The Morgan fingerprint density at radius 1 is 1.58 bits per heavy atom. The third-order valence-corrected chi connectivity index (χ3v) is 3.94. The first-order valence-corrected chi connectivity index (χ1v) is 7.18. The van der Waals surface area contributed by atoms with Crippen LogP contribution in [0, 0.1) is 5.92 Å².